The highest BCUT2D eigenvalue weighted by molar-refractivity contribution is 9.10. The molecule has 0 saturated heterocycles. The summed E-state index contributed by atoms with van der Waals surface area (Å²) in [5.74, 6) is -0.904. The van der Waals surface area contributed by atoms with Crippen molar-refractivity contribution in [1.29, 1.82) is 0 Å². The van der Waals surface area contributed by atoms with Gasteiger partial charge in [0.05, 0.1) is 11.4 Å². The van der Waals surface area contributed by atoms with Crippen molar-refractivity contribution in [2.45, 2.75) is 6.54 Å². The molecule has 0 saturated carbocycles. The summed E-state index contributed by atoms with van der Waals surface area (Å²) < 4.78 is 14.2. The van der Waals surface area contributed by atoms with Crippen LogP contribution in [0.25, 0.3) is 0 Å². The average molecular weight is 324 g/mol. The Morgan fingerprint density at radius 1 is 1.37 bits per heavy atom. The van der Waals surface area contributed by atoms with Gasteiger partial charge in [-0.3, -0.25) is 9.78 Å². The first-order valence-electron chi connectivity index (χ1n) is 5.51. The SMILES string of the molecule is NCc1cc(C(=O)Nc2cc(Br)ccc2F)ccn1. The lowest BCUT2D eigenvalue weighted by molar-refractivity contribution is 0.102. The van der Waals surface area contributed by atoms with Gasteiger partial charge >= 0.3 is 0 Å². The van der Waals surface area contributed by atoms with Gasteiger partial charge in [-0.25, -0.2) is 4.39 Å². The molecule has 19 heavy (non-hydrogen) atoms. The topological polar surface area (TPSA) is 68.0 Å². The summed E-state index contributed by atoms with van der Waals surface area (Å²) in [6, 6.07) is 7.45. The van der Waals surface area contributed by atoms with Crippen molar-refractivity contribution >= 4 is 27.5 Å². The molecule has 0 aliphatic rings. The lowest BCUT2D eigenvalue weighted by Crippen LogP contribution is -2.14. The zero-order valence-corrected chi connectivity index (χ0v) is 11.4. The number of hydrogen-bond donors (Lipinski definition) is 2. The quantitative estimate of drug-likeness (QED) is 0.912. The fourth-order valence-corrected chi connectivity index (χ4v) is 1.88. The minimum atomic E-state index is -0.496. The second-order valence-corrected chi connectivity index (χ2v) is 4.73. The van der Waals surface area contributed by atoms with Crippen molar-refractivity contribution in [3.8, 4) is 0 Å². The zero-order valence-electron chi connectivity index (χ0n) is 9.86. The summed E-state index contributed by atoms with van der Waals surface area (Å²) in [6.45, 7) is 0.242. The van der Waals surface area contributed by atoms with Gasteiger partial charge in [-0.2, -0.15) is 0 Å². The molecule has 2 rings (SSSR count). The van der Waals surface area contributed by atoms with E-state index in [2.05, 4.69) is 26.2 Å². The zero-order chi connectivity index (χ0) is 13.8. The van der Waals surface area contributed by atoms with Crippen LogP contribution in [0.15, 0.2) is 41.0 Å². The number of pyridine rings is 1. The van der Waals surface area contributed by atoms with Crippen LogP contribution >= 0.6 is 15.9 Å². The molecule has 0 aliphatic heterocycles. The fourth-order valence-electron chi connectivity index (χ4n) is 1.52. The second-order valence-electron chi connectivity index (χ2n) is 3.82. The Hall–Kier alpha value is -1.79. The second kappa shape index (κ2) is 5.90. The van der Waals surface area contributed by atoms with Crippen LogP contribution in [0.4, 0.5) is 10.1 Å². The molecule has 1 amide bonds. The van der Waals surface area contributed by atoms with Crippen LogP contribution in [-0.2, 0) is 6.54 Å². The average Bonchev–Trinajstić information content (AvgIpc) is 2.43. The van der Waals surface area contributed by atoms with Crippen LogP contribution < -0.4 is 11.1 Å². The normalized spacial score (nSPS) is 10.3. The molecule has 6 heteroatoms. The molecule has 4 nitrogen and oxygen atoms in total. The molecule has 0 bridgehead atoms. The fraction of sp³-hybridized carbons (Fsp3) is 0.0769. The molecule has 1 aromatic heterocycles. The molecule has 1 heterocycles. The summed E-state index contributed by atoms with van der Waals surface area (Å²) >= 11 is 3.22. The lowest BCUT2D eigenvalue weighted by atomic mass is 10.2. The highest BCUT2D eigenvalue weighted by Crippen LogP contribution is 2.20. The van der Waals surface area contributed by atoms with Gasteiger partial charge in [0, 0.05) is 22.8 Å². The number of aromatic nitrogens is 1. The Bertz CT molecular complexity index is 619. The van der Waals surface area contributed by atoms with E-state index in [1.807, 2.05) is 0 Å². The van der Waals surface area contributed by atoms with E-state index >= 15 is 0 Å². The molecule has 1 aromatic carbocycles. The molecular weight excluding hydrogens is 313 g/mol. The van der Waals surface area contributed by atoms with E-state index in [-0.39, 0.29) is 12.2 Å². The first kappa shape index (κ1) is 13.6. The van der Waals surface area contributed by atoms with E-state index < -0.39 is 11.7 Å². The van der Waals surface area contributed by atoms with Crippen LogP contribution in [0, 0.1) is 5.82 Å². The lowest BCUT2D eigenvalue weighted by Gasteiger charge is -2.07. The highest BCUT2D eigenvalue weighted by Gasteiger charge is 2.10. The number of amides is 1. The number of nitrogens with zero attached hydrogens (tertiary/aromatic N) is 1. The number of nitrogens with two attached hydrogens (primary N) is 1. The van der Waals surface area contributed by atoms with E-state index in [1.165, 1.54) is 18.3 Å². The number of nitrogens with one attached hydrogen (secondary N) is 1. The Morgan fingerprint density at radius 2 is 2.16 bits per heavy atom. The van der Waals surface area contributed by atoms with Crippen LogP contribution in [0.5, 0.6) is 0 Å². The van der Waals surface area contributed by atoms with Crippen molar-refractivity contribution in [3.63, 3.8) is 0 Å². The summed E-state index contributed by atoms with van der Waals surface area (Å²) in [6.07, 6.45) is 1.49. The van der Waals surface area contributed by atoms with E-state index in [0.717, 1.165) is 0 Å². The summed E-state index contributed by atoms with van der Waals surface area (Å²) in [5.41, 5.74) is 6.55. The number of carbonyl (C=O) groups excluding carboxylic acids is 1. The first-order chi connectivity index (χ1) is 9.10. The maximum atomic E-state index is 13.5. The molecule has 0 atom stereocenters. The Balaban J connectivity index is 2.22. The van der Waals surface area contributed by atoms with Crippen LogP contribution in [-0.4, -0.2) is 10.9 Å². The van der Waals surface area contributed by atoms with Gasteiger partial charge < -0.3 is 11.1 Å². The van der Waals surface area contributed by atoms with Gasteiger partial charge in [-0.1, -0.05) is 15.9 Å². The molecule has 3 N–H and O–H groups in total. The van der Waals surface area contributed by atoms with Gasteiger partial charge in [-0.15, -0.1) is 0 Å². The number of carbonyl (C=O) groups is 1. The monoisotopic (exact) mass is 323 g/mol. The predicted octanol–water partition coefficient (Wildman–Crippen LogP) is 2.69. The number of halogens is 2. The standard InChI is InChI=1S/C13H11BrFN3O/c14-9-1-2-11(15)12(6-9)18-13(19)8-3-4-17-10(5-8)7-16/h1-6H,7,16H2,(H,18,19). The smallest absolute Gasteiger partial charge is 0.255 e. The van der Waals surface area contributed by atoms with Crippen LogP contribution in [0.2, 0.25) is 0 Å². The van der Waals surface area contributed by atoms with Crippen molar-refractivity contribution < 1.29 is 9.18 Å². The van der Waals surface area contributed by atoms with Crippen LogP contribution in [0.1, 0.15) is 16.1 Å². The van der Waals surface area contributed by atoms with E-state index in [4.69, 9.17) is 5.73 Å². The Labute approximate surface area is 118 Å². The minimum absolute atomic E-state index is 0.116. The number of anilines is 1. The predicted molar refractivity (Wildman–Crippen MR) is 74.2 cm³/mol. The van der Waals surface area contributed by atoms with Crippen molar-refractivity contribution in [3.05, 3.63) is 58.1 Å². The van der Waals surface area contributed by atoms with Crippen molar-refractivity contribution in [2.75, 3.05) is 5.32 Å². The van der Waals surface area contributed by atoms with Gasteiger partial charge in [0.25, 0.3) is 5.91 Å². The van der Waals surface area contributed by atoms with Gasteiger partial charge in [0.2, 0.25) is 0 Å². The Kier molecular flexibility index (Phi) is 4.24. The van der Waals surface area contributed by atoms with E-state index in [1.54, 1.807) is 18.2 Å². The maximum Gasteiger partial charge on any atom is 0.255 e. The molecule has 0 spiro atoms. The van der Waals surface area contributed by atoms with E-state index in [0.29, 0.717) is 15.7 Å². The van der Waals surface area contributed by atoms with Crippen LogP contribution in [0.3, 0.4) is 0 Å². The van der Waals surface area contributed by atoms with E-state index in [9.17, 15) is 9.18 Å². The van der Waals surface area contributed by atoms with Crippen molar-refractivity contribution in [2.24, 2.45) is 5.73 Å². The van der Waals surface area contributed by atoms with Gasteiger partial charge in [-0.05, 0) is 30.3 Å². The van der Waals surface area contributed by atoms with Gasteiger partial charge in [0.15, 0.2) is 0 Å². The third-order valence-electron chi connectivity index (χ3n) is 2.46. The molecule has 0 radical (unpaired) electrons. The number of benzene rings is 1. The number of rotatable bonds is 3. The summed E-state index contributed by atoms with van der Waals surface area (Å²) in [7, 11) is 0. The third kappa shape index (κ3) is 3.36. The maximum absolute atomic E-state index is 13.5. The molecular formula is C13H11BrFN3O. The highest BCUT2D eigenvalue weighted by atomic mass is 79.9. The van der Waals surface area contributed by atoms with Crippen molar-refractivity contribution in [1.82, 2.24) is 4.98 Å². The molecule has 2 aromatic rings. The summed E-state index contributed by atoms with van der Waals surface area (Å²) in [4.78, 5) is 16.0. The summed E-state index contributed by atoms with van der Waals surface area (Å²) in [5, 5.41) is 2.51. The molecule has 0 unspecified atom stereocenters. The first-order valence-corrected chi connectivity index (χ1v) is 6.31. The third-order valence-corrected chi connectivity index (χ3v) is 2.96. The van der Waals surface area contributed by atoms with Gasteiger partial charge in [0.1, 0.15) is 5.82 Å². The molecule has 98 valence electrons. The minimum Gasteiger partial charge on any atom is -0.325 e. The number of hydrogen-bond acceptors (Lipinski definition) is 3. The molecule has 0 fully saturated rings. The Morgan fingerprint density at radius 3 is 2.89 bits per heavy atom. The molecule has 0 aliphatic carbocycles. The largest absolute Gasteiger partial charge is 0.325 e.